The maximum atomic E-state index is 12.2. The van der Waals surface area contributed by atoms with Crippen LogP contribution in [0.2, 0.25) is 0 Å². The molecule has 0 aliphatic heterocycles. The van der Waals surface area contributed by atoms with Gasteiger partial charge in [-0.1, -0.05) is 34.1 Å². The zero-order valence-electron chi connectivity index (χ0n) is 15.2. The van der Waals surface area contributed by atoms with Crippen molar-refractivity contribution in [2.24, 2.45) is 0 Å². The number of thiazole rings is 1. The summed E-state index contributed by atoms with van der Waals surface area (Å²) < 4.78 is 6.09. The van der Waals surface area contributed by atoms with E-state index in [0.717, 1.165) is 20.7 Å². The Morgan fingerprint density at radius 2 is 1.96 bits per heavy atom. The van der Waals surface area contributed by atoms with Gasteiger partial charge in [0.25, 0.3) is 5.91 Å². The lowest BCUT2D eigenvalue weighted by molar-refractivity contribution is -0.151. The van der Waals surface area contributed by atoms with E-state index >= 15 is 0 Å². The number of hydrogen-bond donors (Lipinski definition) is 0. The molecule has 0 atom stereocenters. The predicted molar refractivity (Wildman–Crippen MR) is 111 cm³/mol. The SMILES string of the molecule is CN(Cc1ccc(Br)cc1)C(=O)COC(=O)Cc1csc(-c2ccccn2)n1. The highest BCUT2D eigenvalue weighted by Crippen LogP contribution is 2.21. The van der Waals surface area contributed by atoms with Crippen molar-refractivity contribution in [1.82, 2.24) is 14.9 Å². The second-order valence-corrected chi connectivity index (χ2v) is 7.85. The summed E-state index contributed by atoms with van der Waals surface area (Å²) in [7, 11) is 1.68. The van der Waals surface area contributed by atoms with Gasteiger partial charge in [-0.3, -0.25) is 14.6 Å². The lowest BCUT2D eigenvalue weighted by Gasteiger charge is -2.17. The van der Waals surface area contributed by atoms with E-state index in [4.69, 9.17) is 4.74 Å². The van der Waals surface area contributed by atoms with Crippen LogP contribution in [0, 0.1) is 0 Å². The first-order valence-electron chi connectivity index (χ1n) is 8.51. The van der Waals surface area contributed by atoms with Crippen molar-refractivity contribution < 1.29 is 14.3 Å². The van der Waals surface area contributed by atoms with Gasteiger partial charge in [-0.2, -0.15) is 0 Å². The topological polar surface area (TPSA) is 72.4 Å². The van der Waals surface area contributed by atoms with Crippen LogP contribution in [-0.2, 0) is 27.3 Å². The number of nitrogens with zero attached hydrogens (tertiary/aromatic N) is 3. The van der Waals surface area contributed by atoms with Crippen LogP contribution >= 0.6 is 27.3 Å². The summed E-state index contributed by atoms with van der Waals surface area (Å²) in [5.74, 6) is -0.744. The monoisotopic (exact) mass is 459 g/mol. The van der Waals surface area contributed by atoms with Crippen molar-refractivity contribution in [2.45, 2.75) is 13.0 Å². The van der Waals surface area contributed by atoms with Gasteiger partial charge >= 0.3 is 5.97 Å². The smallest absolute Gasteiger partial charge is 0.312 e. The Morgan fingerprint density at radius 3 is 2.68 bits per heavy atom. The van der Waals surface area contributed by atoms with Crippen molar-refractivity contribution in [3.05, 3.63) is 69.8 Å². The Labute approximate surface area is 175 Å². The number of carbonyl (C=O) groups is 2. The van der Waals surface area contributed by atoms with Crippen LogP contribution in [0.25, 0.3) is 10.7 Å². The largest absolute Gasteiger partial charge is 0.455 e. The number of amides is 1. The number of hydrogen-bond acceptors (Lipinski definition) is 6. The van der Waals surface area contributed by atoms with E-state index in [1.165, 1.54) is 16.2 Å². The van der Waals surface area contributed by atoms with Crippen LogP contribution in [0.3, 0.4) is 0 Å². The van der Waals surface area contributed by atoms with Crippen molar-refractivity contribution in [1.29, 1.82) is 0 Å². The zero-order chi connectivity index (χ0) is 19.9. The molecule has 2 aromatic heterocycles. The second kappa shape index (κ2) is 9.57. The number of aromatic nitrogens is 2. The van der Waals surface area contributed by atoms with Gasteiger partial charge in [0.2, 0.25) is 0 Å². The molecule has 0 saturated carbocycles. The summed E-state index contributed by atoms with van der Waals surface area (Å²) >= 11 is 4.79. The van der Waals surface area contributed by atoms with E-state index < -0.39 is 5.97 Å². The minimum atomic E-state index is -0.483. The summed E-state index contributed by atoms with van der Waals surface area (Å²) in [5, 5.41) is 2.54. The van der Waals surface area contributed by atoms with E-state index in [9.17, 15) is 9.59 Å². The second-order valence-electron chi connectivity index (χ2n) is 6.07. The molecule has 0 radical (unpaired) electrons. The third-order valence-electron chi connectivity index (χ3n) is 3.88. The molecule has 0 fully saturated rings. The number of rotatable bonds is 7. The highest BCUT2D eigenvalue weighted by Gasteiger charge is 2.15. The maximum absolute atomic E-state index is 12.2. The van der Waals surface area contributed by atoms with Gasteiger partial charge < -0.3 is 9.64 Å². The predicted octanol–water partition coefficient (Wildman–Crippen LogP) is 3.71. The molecule has 0 N–H and O–H groups in total. The van der Waals surface area contributed by atoms with Crippen molar-refractivity contribution in [3.8, 4) is 10.7 Å². The number of likely N-dealkylation sites (N-methyl/N-ethyl adjacent to an activating group) is 1. The molecule has 0 saturated heterocycles. The van der Waals surface area contributed by atoms with E-state index in [0.29, 0.717) is 12.2 Å². The van der Waals surface area contributed by atoms with Gasteiger partial charge in [-0.25, -0.2) is 4.98 Å². The van der Waals surface area contributed by atoms with Gasteiger partial charge in [0.15, 0.2) is 6.61 Å². The van der Waals surface area contributed by atoms with Crippen molar-refractivity contribution >= 4 is 39.1 Å². The van der Waals surface area contributed by atoms with Crippen LogP contribution in [0.15, 0.2) is 58.5 Å². The number of ether oxygens (including phenoxy) is 1. The third-order valence-corrected chi connectivity index (χ3v) is 5.32. The van der Waals surface area contributed by atoms with Crippen LogP contribution in [0.1, 0.15) is 11.3 Å². The highest BCUT2D eigenvalue weighted by atomic mass is 79.9. The molecule has 0 aliphatic rings. The fourth-order valence-electron chi connectivity index (χ4n) is 2.40. The first-order chi connectivity index (χ1) is 13.5. The van der Waals surface area contributed by atoms with Gasteiger partial charge in [0.05, 0.1) is 17.8 Å². The summed E-state index contributed by atoms with van der Waals surface area (Å²) in [4.78, 5) is 34.4. The molecule has 0 aliphatic carbocycles. The fraction of sp³-hybridized carbons (Fsp3) is 0.200. The molecule has 1 amide bonds. The van der Waals surface area contributed by atoms with E-state index in [-0.39, 0.29) is 18.9 Å². The van der Waals surface area contributed by atoms with Crippen LogP contribution in [-0.4, -0.2) is 40.4 Å². The first-order valence-corrected chi connectivity index (χ1v) is 10.2. The zero-order valence-corrected chi connectivity index (χ0v) is 17.6. The summed E-state index contributed by atoms with van der Waals surface area (Å²) in [5.41, 5.74) is 2.36. The standard InChI is InChI=1S/C20H18BrN3O3S/c1-24(11-14-5-7-15(21)8-6-14)18(25)12-27-19(26)10-16-13-28-20(23-16)17-4-2-3-9-22-17/h2-9,13H,10-12H2,1H3. The number of esters is 1. The molecular weight excluding hydrogens is 442 g/mol. The molecule has 28 heavy (non-hydrogen) atoms. The minimum absolute atomic E-state index is 0.0209. The molecule has 1 aromatic carbocycles. The van der Waals surface area contributed by atoms with Crippen molar-refractivity contribution in [2.75, 3.05) is 13.7 Å². The molecule has 0 spiro atoms. The van der Waals surface area contributed by atoms with Crippen LogP contribution in [0.4, 0.5) is 0 Å². The number of benzene rings is 1. The van der Waals surface area contributed by atoms with Crippen LogP contribution in [0.5, 0.6) is 0 Å². The van der Waals surface area contributed by atoms with Crippen LogP contribution < -0.4 is 0 Å². The summed E-state index contributed by atoms with van der Waals surface area (Å²) in [6.07, 6.45) is 1.72. The Hall–Kier alpha value is -2.58. The van der Waals surface area contributed by atoms with Gasteiger partial charge in [0, 0.05) is 29.6 Å². The Bertz CT molecular complexity index is 945. The van der Waals surface area contributed by atoms with Gasteiger partial charge in [-0.05, 0) is 29.8 Å². The minimum Gasteiger partial charge on any atom is -0.455 e. The number of pyridine rings is 1. The van der Waals surface area contributed by atoms with E-state index in [1.54, 1.807) is 18.6 Å². The quantitative estimate of drug-likeness (QED) is 0.503. The molecule has 0 unspecified atom stereocenters. The van der Waals surface area contributed by atoms with E-state index in [1.807, 2.05) is 42.5 Å². The Balaban J connectivity index is 1.46. The number of carbonyl (C=O) groups excluding carboxylic acids is 2. The summed E-state index contributed by atoms with van der Waals surface area (Å²) in [6, 6.07) is 13.3. The molecule has 144 valence electrons. The van der Waals surface area contributed by atoms with Gasteiger partial charge in [0.1, 0.15) is 5.01 Å². The fourth-order valence-corrected chi connectivity index (χ4v) is 3.46. The van der Waals surface area contributed by atoms with Crippen molar-refractivity contribution in [3.63, 3.8) is 0 Å². The molecule has 8 heteroatoms. The molecule has 3 aromatic rings. The first kappa shape index (κ1) is 20.2. The molecule has 3 rings (SSSR count). The number of halogens is 1. The normalized spacial score (nSPS) is 10.5. The molecule has 2 heterocycles. The maximum Gasteiger partial charge on any atom is 0.312 e. The molecular formula is C20H18BrN3O3S. The average Bonchev–Trinajstić information content (AvgIpc) is 3.17. The average molecular weight is 460 g/mol. The Kier molecular flexibility index (Phi) is 6.89. The Morgan fingerprint density at radius 1 is 1.18 bits per heavy atom. The van der Waals surface area contributed by atoms with E-state index in [2.05, 4.69) is 25.9 Å². The molecule has 0 bridgehead atoms. The third kappa shape index (κ3) is 5.71. The lowest BCUT2D eigenvalue weighted by Crippen LogP contribution is -2.31. The molecule has 6 nitrogen and oxygen atoms in total. The lowest BCUT2D eigenvalue weighted by atomic mass is 10.2. The highest BCUT2D eigenvalue weighted by molar-refractivity contribution is 9.10. The van der Waals surface area contributed by atoms with Gasteiger partial charge in [-0.15, -0.1) is 11.3 Å². The summed E-state index contributed by atoms with van der Waals surface area (Å²) in [6.45, 7) is 0.159.